The first kappa shape index (κ1) is 17.9. The Kier molecular flexibility index (Phi) is 4.38. The first-order chi connectivity index (χ1) is 10.9. The van der Waals surface area contributed by atoms with Gasteiger partial charge in [0.2, 0.25) is 5.91 Å². The van der Waals surface area contributed by atoms with Crippen LogP contribution in [0.5, 0.6) is 0 Å². The summed E-state index contributed by atoms with van der Waals surface area (Å²) in [4.78, 5) is 34.7. The number of anilines is 1. The molecule has 1 unspecified atom stereocenters. The topological polar surface area (TPSA) is 75.3 Å². The predicted molar refractivity (Wildman–Crippen MR) is 75.6 cm³/mol. The van der Waals surface area contributed by atoms with Crippen LogP contribution < -0.4 is 10.6 Å². The zero-order valence-electron chi connectivity index (χ0n) is 12.8. The van der Waals surface area contributed by atoms with Gasteiger partial charge in [-0.25, -0.2) is 4.39 Å². The number of fused-ring (bicyclic) bond motifs is 1. The van der Waals surface area contributed by atoms with Gasteiger partial charge in [0.1, 0.15) is 11.4 Å². The predicted octanol–water partition coefficient (Wildman–Crippen LogP) is 2.19. The van der Waals surface area contributed by atoms with Crippen LogP contribution in [0, 0.1) is 5.82 Å². The molecule has 5 nitrogen and oxygen atoms in total. The molecular weight excluding hydrogens is 332 g/mol. The molecule has 0 saturated heterocycles. The number of ketones is 1. The summed E-state index contributed by atoms with van der Waals surface area (Å²) in [6.07, 6.45) is -5.23. The molecule has 0 saturated carbocycles. The Morgan fingerprint density at radius 1 is 1.21 bits per heavy atom. The van der Waals surface area contributed by atoms with Crippen LogP contribution in [0.25, 0.3) is 0 Å². The van der Waals surface area contributed by atoms with Gasteiger partial charge in [-0.2, -0.15) is 13.2 Å². The SMILES string of the molecule is CC(=O)Nc1cc(F)cc2c1CCC(=O)C2(C)NC(=O)C(F)(F)F. The van der Waals surface area contributed by atoms with Crippen molar-refractivity contribution in [3.05, 3.63) is 29.1 Å². The van der Waals surface area contributed by atoms with E-state index in [-0.39, 0.29) is 24.1 Å². The Bertz CT molecular complexity index is 730. The minimum absolute atomic E-state index is 0.0671. The van der Waals surface area contributed by atoms with Gasteiger partial charge in [-0.1, -0.05) is 0 Å². The molecule has 0 radical (unpaired) electrons. The summed E-state index contributed by atoms with van der Waals surface area (Å²) in [6.45, 7) is 2.28. The van der Waals surface area contributed by atoms with Crippen LogP contribution in [0.1, 0.15) is 31.4 Å². The summed E-state index contributed by atoms with van der Waals surface area (Å²) >= 11 is 0. The largest absolute Gasteiger partial charge is 0.471 e. The highest BCUT2D eigenvalue weighted by Crippen LogP contribution is 2.38. The maximum absolute atomic E-state index is 13.8. The third kappa shape index (κ3) is 3.24. The van der Waals surface area contributed by atoms with E-state index in [1.165, 1.54) is 6.92 Å². The maximum atomic E-state index is 13.8. The van der Waals surface area contributed by atoms with Crippen molar-refractivity contribution < 1.29 is 31.9 Å². The number of Topliss-reactive ketones (excluding diaryl/α,β-unsaturated/α-hetero) is 1. The molecule has 1 atom stereocenters. The fourth-order valence-electron chi connectivity index (χ4n) is 2.73. The monoisotopic (exact) mass is 346 g/mol. The quantitative estimate of drug-likeness (QED) is 0.806. The average Bonchev–Trinajstić information content (AvgIpc) is 2.42. The van der Waals surface area contributed by atoms with Crippen molar-refractivity contribution in [1.82, 2.24) is 5.32 Å². The van der Waals surface area contributed by atoms with Crippen molar-refractivity contribution in [2.75, 3.05) is 5.32 Å². The molecule has 0 aliphatic heterocycles. The number of nitrogens with one attached hydrogen (secondary N) is 2. The number of carbonyl (C=O) groups excluding carboxylic acids is 3. The number of hydrogen-bond donors (Lipinski definition) is 2. The number of carbonyl (C=O) groups is 3. The van der Waals surface area contributed by atoms with Gasteiger partial charge in [-0.3, -0.25) is 14.4 Å². The minimum Gasteiger partial charge on any atom is -0.332 e. The van der Waals surface area contributed by atoms with Gasteiger partial charge in [-0.15, -0.1) is 0 Å². The van der Waals surface area contributed by atoms with E-state index in [9.17, 15) is 31.9 Å². The first-order valence-corrected chi connectivity index (χ1v) is 6.98. The molecule has 1 aliphatic carbocycles. The van der Waals surface area contributed by atoms with E-state index < -0.39 is 35.1 Å². The van der Waals surface area contributed by atoms with Crippen LogP contribution in [-0.2, 0) is 26.3 Å². The molecule has 1 aromatic carbocycles. The average molecular weight is 346 g/mol. The number of hydrogen-bond acceptors (Lipinski definition) is 3. The van der Waals surface area contributed by atoms with E-state index in [1.54, 1.807) is 5.32 Å². The van der Waals surface area contributed by atoms with E-state index >= 15 is 0 Å². The third-order valence-corrected chi connectivity index (χ3v) is 3.84. The minimum atomic E-state index is -5.19. The Morgan fingerprint density at radius 3 is 2.38 bits per heavy atom. The molecule has 0 spiro atoms. The molecule has 1 aromatic rings. The van der Waals surface area contributed by atoms with Gasteiger partial charge < -0.3 is 10.6 Å². The number of benzene rings is 1. The normalized spacial score (nSPS) is 20.3. The Labute approximate surface area is 134 Å². The molecule has 0 aromatic heterocycles. The number of alkyl halides is 3. The van der Waals surface area contributed by atoms with Crippen LogP contribution in [0.2, 0.25) is 0 Å². The van der Waals surface area contributed by atoms with E-state index in [4.69, 9.17) is 0 Å². The zero-order valence-corrected chi connectivity index (χ0v) is 12.8. The van der Waals surface area contributed by atoms with Crippen LogP contribution >= 0.6 is 0 Å². The van der Waals surface area contributed by atoms with E-state index in [0.29, 0.717) is 5.56 Å². The second-order valence-corrected chi connectivity index (χ2v) is 5.66. The lowest BCUT2D eigenvalue weighted by Crippen LogP contribution is -2.55. The Balaban J connectivity index is 2.57. The Morgan fingerprint density at radius 2 is 1.83 bits per heavy atom. The lowest BCUT2D eigenvalue weighted by atomic mass is 9.76. The fraction of sp³-hybridized carbons (Fsp3) is 0.400. The van der Waals surface area contributed by atoms with Crippen LogP contribution in [0.4, 0.5) is 23.2 Å². The molecule has 130 valence electrons. The van der Waals surface area contributed by atoms with Crippen LogP contribution in [-0.4, -0.2) is 23.8 Å². The smallest absolute Gasteiger partial charge is 0.332 e. The van der Waals surface area contributed by atoms with Crippen LogP contribution in [0.15, 0.2) is 12.1 Å². The fourth-order valence-corrected chi connectivity index (χ4v) is 2.73. The molecule has 2 rings (SSSR count). The maximum Gasteiger partial charge on any atom is 0.471 e. The first-order valence-electron chi connectivity index (χ1n) is 6.98. The molecule has 2 amide bonds. The summed E-state index contributed by atoms with van der Waals surface area (Å²) in [7, 11) is 0. The lowest BCUT2D eigenvalue weighted by molar-refractivity contribution is -0.176. The summed E-state index contributed by atoms with van der Waals surface area (Å²) in [5.41, 5.74) is -1.75. The van der Waals surface area contributed by atoms with Crippen molar-refractivity contribution in [2.24, 2.45) is 0 Å². The molecule has 0 fully saturated rings. The highest BCUT2D eigenvalue weighted by atomic mass is 19.4. The third-order valence-electron chi connectivity index (χ3n) is 3.84. The van der Waals surface area contributed by atoms with Gasteiger partial charge in [0.05, 0.1) is 0 Å². The summed E-state index contributed by atoms with van der Waals surface area (Å²) in [5, 5.41) is 4.04. The summed E-state index contributed by atoms with van der Waals surface area (Å²) in [5.74, 6) is -4.32. The highest BCUT2D eigenvalue weighted by molar-refractivity contribution is 5.98. The molecule has 24 heavy (non-hydrogen) atoms. The standard InChI is InChI=1S/C15H14F4N2O3/c1-7(22)20-11-6-8(16)5-10-9(11)3-4-12(23)14(10,2)21-13(24)15(17,18)19/h5-6H,3-4H2,1-2H3,(H,20,22)(H,21,24). The van der Waals surface area contributed by atoms with Gasteiger partial charge in [0.15, 0.2) is 5.78 Å². The van der Waals surface area contributed by atoms with Crippen molar-refractivity contribution in [3.63, 3.8) is 0 Å². The number of halogens is 4. The Hall–Kier alpha value is -2.45. The van der Waals surface area contributed by atoms with E-state index in [2.05, 4.69) is 5.32 Å². The van der Waals surface area contributed by atoms with Gasteiger partial charge in [0.25, 0.3) is 0 Å². The van der Waals surface area contributed by atoms with E-state index in [0.717, 1.165) is 19.1 Å². The van der Waals surface area contributed by atoms with Crippen LogP contribution in [0.3, 0.4) is 0 Å². The zero-order chi connectivity index (χ0) is 18.3. The number of rotatable bonds is 2. The van der Waals surface area contributed by atoms with Crippen molar-refractivity contribution in [2.45, 2.75) is 38.4 Å². The van der Waals surface area contributed by atoms with Gasteiger partial charge in [0, 0.05) is 19.0 Å². The molecule has 1 aliphatic rings. The molecule has 0 bridgehead atoms. The van der Waals surface area contributed by atoms with Crippen molar-refractivity contribution >= 4 is 23.3 Å². The van der Waals surface area contributed by atoms with Crippen molar-refractivity contribution in [1.29, 1.82) is 0 Å². The lowest BCUT2D eigenvalue weighted by Gasteiger charge is -2.36. The van der Waals surface area contributed by atoms with Gasteiger partial charge in [-0.05, 0) is 36.6 Å². The number of amides is 2. The highest BCUT2D eigenvalue weighted by Gasteiger charge is 2.48. The summed E-state index contributed by atoms with van der Waals surface area (Å²) in [6, 6.07) is 1.91. The second-order valence-electron chi connectivity index (χ2n) is 5.66. The molecule has 2 N–H and O–H groups in total. The molecule has 0 heterocycles. The molecule has 9 heteroatoms. The van der Waals surface area contributed by atoms with Crippen molar-refractivity contribution in [3.8, 4) is 0 Å². The second kappa shape index (κ2) is 5.88. The van der Waals surface area contributed by atoms with E-state index in [1.807, 2.05) is 0 Å². The summed E-state index contributed by atoms with van der Waals surface area (Å²) < 4.78 is 51.5. The molecular formula is C15H14F4N2O3. The van der Waals surface area contributed by atoms with Gasteiger partial charge >= 0.3 is 12.1 Å².